The molecule has 1 aliphatic rings. The highest BCUT2D eigenvalue weighted by Crippen LogP contribution is 2.12. The molecule has 0 spiro atoms. The molecule has 0 aromatic heterocycles. The van der Waals surface area contributed by atoms with Crippen LogP contribution >= 0.6 is 0 Å². The molecule has 0 bridgehead atoms. The van der Waals surface area contributed by atoms with E-state index in [0.717, 1.165) is 16.9 Å². The van der Waals surface area contributed by atoms with E-state index in [1.54, 1.807) is 12.1 Å². The highest BCUT2D eigenvalue weighted by Gasteiger charge is 2.31. The molecule has 6 heteroatoms. The lowest BCUT2D eigenvalue weighted by Crippen LogP contribution is -2.41. The molecular formula is C17H22N2O4. The van der Waals surface area contributed by atoms with Crippen molar-refractivity contribution in [3.8, 4) is 0 Å². The van der Waals surface area contributed by atoms with E-state index in [-0.39, 0.29) is 0 Å². The van der Waals surface area contributed by atoms with Gasteiger partial charge in [-0.3, -0.25) is 9.69 Å². The van der Waals surface area contributed by atoms with Gasteiger partial charge in [-0.05, 0) is 37.0 Å². The highest BCUT2D eigenvalue weighted by molar-refractivity contribution is 5.99. The molecule has 0 saturated carbocycles. The van der Waals surface area contributed by atoms with E-state index in [1.807, 2.05) is 12.1 Å². The van der Waals surface area contributed by atoms with Crippen LogP contribution < -0.4 is 5.32 Å². The first-order valence-electron chi connectivity index (χ1n) is 7.77. The molecule has 1 fully saturated rings. The zero-order valence-corrected chi connectivity index (χ0v) is 13.7. The van der Waals surface area contributed by atoms with Crippen LogP contribution in [0.2, 0.25) is 0 Å². The molecule has 1 saturated heterocycles. The minimum Gasteiger partial charge on any atom is -0.449 e. The number of benzene rings is 1. The molecule has 23 heavy (non-hydrogen) atoms. The lowest BCUT2D eigenvalue weighted by atomic mass is 10.0. The van der Waals surface area contributed by atoms with E-state index in [0.29, 0.717) is 24.6 Å². The number of hydrogen-bond acceptors (Lipinski definition) is 4. The van der Waals surface area contributed by atoms with Gasteiger partial charge in [0.1, 0.15) is 0 Å². The Morgan fingerprint density at radius 1 is 1.22 bits per heavy atom. The fourth-order valence-corrected chi connectivity index (χ4v) is 2.43. The molecular weight excluding hydrogens is 296 g/mol. The molecule has 1 aromatic carbocycles. The first-order chi connectivity index (χ1) is 10.9. The molecule has 2 rings (SSSR count). The standard InChI is InChI=1S/C17H22N2O4/c1-11(2)10-13-4-6-14(7-5-13)16(21)23-12(3)15(20)19-9-8-18-17(19)22/h4-7,11-12H,8-10H2,1-3H3,(H,18,22)/t12-/m1/s1. The van der Waals surface area contributed by atoms with Crippen LogP contribution in [-0.2, 0) is 16.0 Å². The zero-order chi connectivity index (χ0) is 17.0. The number of rotatable bonds is 5. The lowest BCUT2D eigenvalue weighted by Gasteiger charge is -2.18. The SMILES string of the molecule is CC(C)Cc1ccc(C(=O)O[C@H](C)C(=O)N2CCNC2=O)cc1. The van der Waals surface area contributed by atoms with Crippen molar-refractivity contribution >= 4 is 17.9 Å². The van der Waals surface area contributed by atoms with Crippen LogP contribution in [0.1, 0.15) is 36.7 Å². The van der Waals surface area contributed by atoms with Crippen molar-refractivity contribution in [3.05, 3.63) is 35.4 Å². The number of urea groups is 1. The number of nitrogens with one attached hydrogen (secondary N) is 1. The van der Waals surface area contributed by atoms with Crippen molar-refractivity contribution in [2.75, 3.05) is 13.1 Å². The maximum Gasteiger partial charge on any atom is 0.338 e. The maximum atomic E-state index is 12.1. The van der Waals surface area contributed by atoms with Gasteiger partial charge < -0.3 is 10.1 Å². The summed E-state index contributed by atoms with van der Waals surface area (Å²) in [5.41, 5.74) is 1.54. The van der Waals surface area contributed by atoms with Crippen molar-refractivity contribution in [2.24, 2.45) is 5.92 Å². The third kappa shape index (κ3) is 4.31. The summed E-state index contributed by atoms with van der Waals surface area (Å²) in [6, 6.07) is 6.71. The highest BCUT2D eigenvalue weighted by atomic mass is 16.5. The van der Waals surface area contributed by atoms with Crippen LogP contribution in [0.5, 0.6) is 0 Å². The van der Waals surface area contributed by atoms with Gasteiger partial charge in [-0.1, -0.05) is 26.0 Å². The van der Waals surface area contributed by atoms with Crippen molar-refractivity contribution in [3.63, 3.8) is 0 Å². The molecule has 3 amide bonds. The molecule has 0 unspecified atom stereocenters. The van der Waals surface area contributed by atoms with Gasteiger partial charge in [0.15, 0.2) is 6.10 Å². The Labute approximate surface area is 135 Å². The lowest BCUT2D eigenvalue weighted by molar-refractivity contribution is -0.136. The summed E-state index contributed by atoms with van der Waals surface area (Å²) in [5, 5.41) is 2.54. The summed E-state index contributed by atoms with van der Waals surface area (Å²) in [6.07, 6.45) is -0.0597. The molecule has 1 aromatic rings. The van der Waals surface area contributed by atoms with E-state index < -0.39 is 24.0 Å². The average molecular weight is 318 g/mol. The van der Waals surface area contributed by atoms with E-state index in [2.05, 4.69) is 19.2 Å². The van der Waals surface area contributed by atoms with Gasteiger partial charge in [-0.25, -0.2) is 9.59 Å². The van der Waals surface area contributed by atoms with Gasteiger partial charge >= 0.3 is 12.0 Å². The molecule has 0 radical (unpaired) electrons. The number of esters is 1. The van der Waals surface area contributed by atoms with Crippen LogP contribution in [0.3, 0.4) is 0 Å². The molecule has 6 nitrogen and oxygen atoms in total. The minimum absolute atomic E-state index is 0.295. The Hall–Kier alpha value is -2.37. The topological polar surface area (TPSA) is 75.7 Å². The fraction of sp³-hybridized carbons (Fsp3) is 0.471. The Balaban J connectivity index is 1.95. The third-order valence-corrected chi connectivity index (χ3v) is 3.59. The van der Waals surface area contributed by atoms with Gasteiger partial charge in [0.25, 0.3) is 5.91 Å². The zero-order valence-electron chi connectivity index (χ0n) is 13.7. The van der Waals surface area contributed by atoms with Gasteiger partial charge in [-0.15, -0.1) is 0 Å². The Kier molecular flexibility index (Phi) is 5.36. The number of ether oxygens (including phenoxy) is 1. The molecule has 1 aliphatic heterocycles. The quantitative estimate of drug-likeness (QED) is 0.842. The van der Waals surface area contributed by atoms with Crippen molar-refractivity contribution in [1.82, 2.24) is 10.2 Å². The summed E-state index contributed by atoms with van der Waals surface area (Å²) in [4.78, 5) is 36.7. The monoisotopic (exact) mass is 318 g/mol. The Bertz CT molecular complexity index is 595. The number of amides is 3. The van der Waals surface area contributed by atoms with Gasteiger partial charge in [0, 0.05) is 13.1 Å². The first-order valence-corrected chi connectivity index (χ1v) is 7.77. The number of imide groups is 1. The number of carbonyl (C=O) groups excluding carboxylic acids is 3. The summed E-state index contributed by atoms with van der Waals surface area (Å²) in [7, 11) is 0. The Morgan fingerprint density at radius 3 is 2.39 bits per heavy atom. The second-order valence-electron chi connectivity index (χ2n) is 6.06. The maximum absolute atomic E-state index is 12.1. The third-order valence-electron chi connectivity index (χ3n) is 3.59. The average Bonchev–Trinajstić information content (AvgIpc) is 2.92. The van der Waals surface area contributed by atoms with E-state index in [4.69, 9.17) is 4.74 Å². The van der Waals surface area contributed by atoms with Gasteiger partial charge in [-0.2, -0.15) is 0 Å². The largest absolute Gasteiger partial charge is 0.449 e. The van der Waals surface area contributed by atoms with Crippen molar-refractivity contribution in [1.29, 1.82) is 0 Å². The molecule has 124 valence electrons. The first kappa shape index (κ1) is 17.0. The fourth-order valence-electron chi connectivity index (χ4n) is 2.43. The number of carbonyl (C=O) groups is 3. The summed E-state index contributed by atoms with van der Waals surface area (Å²) < 4.78 is 5.17. The molecule has 1 atom stereocenters. The van der Waals surface area contributed by atoms with Crippen LogP contribution in [0, 0.1) is 5.92 Å². The van der Waals surface area contributed by atoms with Gasteiger partial charge in [0.05, 0.1) is 5.56 Å². The predicted octanol–water partition coefficient (Wildman–Crippen LogP) is 1.98. The summed E-state index contributed by atoms with van der Waals surface area (Å²) in [6.45, 7) is 6.44. The second kappa shape index (κ2) is 7.26. The van der Waals surface area contributed by atoms with Crippen LogP contribution in [0.15, 0.2) is 24.3 Å². The summed E-state index contributed by atoms with van der Waals surface area (Å²) in [5.74, 6) is -0.539. The van der Waals surface area contributed by atoms with Gasteiger partial charge in [0.2, 0.25) is 0 Å². The predicted molar refractivity (Wildman–Crippen MR) is 85.0 cm³/mol. The molecule has 1 heterocycles. The van der Waals surface area contributed by atoms with Crippen molar-refractivity contribution in [2.45, 2.75) is 33.3 Å². The van der Waals surface area contributed by atoms with E-state index >= 15 is 0 Å². The van der Waals surface area contributed by atoms with Crippen LogP contribution in [-0.4, -0.2) is 42.0 Å². The second-order valence-corrected chi connectivity index (χ2v) is 6.06. The number of hydrogen-bond donors (Lipinski definition) is 1. The normalized spacial score (nSPS) is 15.5. The van der Waals surface area contributed by atoms with Crippen LogP contribution in [0.4, 0.5) is 4.79 Å². The summed E-state index contributed by atoms with van der Waals surface area (Å²) >= 11 is 0. The van der Waals surface area contributed by atoms with Crippen LogP contribution in [0.25, 0.3) is 0 Å². The van der Waals surface area contributed by atoms with Crippen molar-refractivity contribution < 1.29 is 19.1 Å². The number of nitrogens with zero attached hydrogens (tertiary/aromatic N) is 1. The molecule has 0 aliphatic carbocycles. The van der Waals surface area contributed by atoms with E-state index in [9.17, 15) is 14.4 Å². The minimum atomic E-state index is -0.998. The van der Waals surface area contributed by atoms with E-state index in [1.165, 1.54) is 6.92 Å². The smallest absolute Gasteiger partial charge is 0.338 e. The Morgan fingerprint density at radius 2 is 1.87 bits per heavy atom. The molecule has 1 N–H and O–H groups in total.